The number of hydrogen-bond acceptors (Lipinski definition) is 4. The minimum atomic E-state index is -0.199. The lowest BCUT2D eigenvalue weighted by atomic mass is 10.2. The molecule has 8 heteroatoms. The van der Waals surface area contributed by atoms with E-state index in [1.54, 1.807) is 11.8 Å². The third-order valence-electron chi connectivity index (χ3n) is 3.99. The smallest absolute Gasteiger partial charge is 0.251 e. The summed E-state index contributed by atoms with van der Waals surface area (Å²) < 4.78 is 5.50. The van der Waals surface area contributed by atoms with Gasteiger partial charge in [-0.15, -0.1) is 24.0 Å². The molecule has 2 fully saturated rings. The number of rotatable bonds is 5. The molecule has 2 heterocycles. The molecular weight excluding hydrogens is 427 g/mol. The van der Waals surface area contributed by atoms with Crippen LogP contribution in [0.1, 0.15) is 19.8 Å². The second-order valence-electron chi connectivity index (χ2n) is 5.54. The molecule has 1 unspecified atom stereocenters. The number of hydrogen-bond donors (Lipinski definition) is 1. The molecule has 1 amide bonds. The van der Waals surface area contributed by atoms with E-state index >= 15 is 0 Å². The summed E-state index contributed by atoms with van der Waals surface area (Å²) in [6, 6.07) is 0. The molecule has 23 heavy (non-hydrogen) atoms. The molecule has 0 aromatic heterocycles. The first-order valence-corrected chi connectivity index (χ1v) is 9.58. The number of thioether (sulfide) groups is 1. The zero-order valence-corrected chi connectivity index (χ0v) is 17.3. The van der Waals surface area contributed by atoms with Crippen LogP contribution in [0, 0.1) is 0 Å². The fraction of sp³-hybridized carbons (Fsp3) is 0.867. The number of carbonyl (C=O) groups is 1. The Labute approximate surface area is 160 Å². The van der Waals surface area contributed by atoms with Gasteiger partial charge in [-0.25, -0.2) is 0 Å². The molecule has 2 aliphatic heterocycles. The van der Waals surface area contributed by atoms with Gasteiger partial charge in [0.1, 0.15) is 6.10 Å². The van der Waals surface area contributed by atoms with Crippen LogP contribution in [0.5, 0.6) is 0 Å². The molecule has 0 bridgehead atoms. The Bertz CT molecular complexity index is 384. The van der Waals surface area contributed by atoms with Crippen LogP contribution in [0.25, 0.3) is 0 Å². The molecule has 0 aromatic carbocycles. The highest BCUT2D eigenvalue weighted by atomic mass is 127. The standard InChI is InChI=1S/C15H28N4O2S.HI/c1-3-16-15(17-6-12-22-2)19-9-7-18(8-10-19)14(20)13-5-4-11-21-13;/h13H,3-12H2,1-2H3,(H,16,17);1H. The zero-order valence-electron chi connectivity index (χ0n) is 14.1. The minimum Gasteiger partial charge on any atom is -0.368 e. The van der Waals surface area contributed by atoms with Gasteiger partial charge in [0.15, 0.2) is 5.96 Å². The van der Waals surface area contributed by atoms with Crippen LogP contribution in [-0.4, -0.2) is 85.7 Å². The number of carbonyl (C=O) groups excluding carboxylic acids is 1. The van der Waals surface area contributed by atoms with Crippen LogP contribution in [0.15, 0.2) is 4.99 Å². The van der Waals surface area contributed by atoms with E-state index in [1.807, 2.05) is 4.90 Å². The third-order valence-corrected chi connectivity index (χ3v) is 4.58. The molecule has 0 spiro atoms. The topological polar surface area (TPSA) is 57.2 Å². The first-order valence-electron chi connectivity index (χ1n) is 8.18. The van der Waals surface area contributed by atoms with Crippen LogP contribution in [0.4, 0.5) is 0 Å². The summed E-state index contributed by atoms with van der Waals surface area (Å²) >= 11 is 1.81. The molecule has 2 saturated heterocycles. The van der Waals surface area contributed by atoms with Gasteiger partial charge < -0.3 is 19.9 Å². The Morgan fingerprint density at radius 2 is 2.00 bits per heavy atom. The SMILES string of the molecule is CCNC(=NCCSC)N1CCN(C(=O)C2CCCO2)CC1.I. The van der Waals surface area contributed by atoms with Crippen LogP contribution in [0.2, 0.25) is 0 Å². The van der Waals surface area contributed by atoms with E-state index in [-0.39, 0.29) is 36.0 Å². The lowest BCUT2D eigenvalue weighted by Crippen LogP contribution is -2.55. The van der Waals surface area contributed by atoms with Crippen molar-refractivity contribution in [1.82, 2.24) is 15.1 Å². The molecular formula is C15H29IN4O2S. The van der Waals surface area contributed by atoms with E-state index < -0.39 is 0 Å². The molecule has 1 atom stereocenters. The van der Waals surface area contributed by atoms with E-state index in [9.17, 15) is 4.79 Å². The quantitative estimate of drug-likeness (QED) is 0.292. The number of nitrogens with zero attached hydrogens (tertiary/aromatic N) is 3. The van der Waals surface area contributed by atoms with E-state index in [2.05, 4.69) is 28.4 Å². The van der Waals surface area contributed by atoms with Gasteiger partial charge in [-0.1, -0.05) is 0 Å². The van der Waals surface area contributed by atoms with E-state index in [0.717, 1.165) is 70.4 Å². The maximum absolute atomic E-state index is 12.3. The van der Waals surface area contributed by atoms with Crippen molar-refractivity contribution in [1.29, 1.82) is 0 Å². The Morgan fingerprint density at radius 1 is 1.30 bits per heavy atom. The van der Waals surface area contributed by atoms with Crippen LogP contribution >= 0.6 is 35.7 Å². The Hall–Kier alpha value is -0.220. The van der Waals surface area contributed by atoms with Gasteiger partial charge >= 0.3 is 0 Å². The number of nitrogens with one attached hydrogen (secondary N) is 1. The maximum atomic E-state index is 12.3. The van der Waals surface area contributed by atoms with Gasteiger partial charge in [-0.3, -0.25) is 9.79 Å². The number of amides is 1. The number of piperazine rings is 1. The number of aliphatic imine (C=N–C) groups is 1. The van der Waals surface area contributed by atoms with Crippen LogP contribution < -0.4 is 5.32 Å². The predicted octanol–water partition coefficient (Wildman–Crippen LogP) is 1.26. The highest BCUT2D eigenvalue weighted by Gasteiger charge is 2.30. The van der Waals surface area contributed by atoms with Crippen molar-refractivity contribution in [3.05, 3.63) is 0 Å². The van der Waals surface area contributed by atoms with Gasteiger partial charge in [0.05, 0.1) is 6.54 Å². The molecule has 0 aromatic rings. The van der Waals surface area contributed by atoms with E-state index in [1.165, 1.54) is 0 Å². The van der Waals surface area contributed by atoms with Crippen molar-refractivity contribution in [2.45, 2.75) is 25.9 Å². The van der Waals surface area contributed by atoms with Crippen molar-refractivity contribution in [2.75, 3.05) is 57.9 Å². The van der Waals surface area contributed by atoms with E-state index in [0.29, 0.717) is 0 Å². The molecule has 134 valence electrons. The molecule has 0 radical (unpaired) electrons. The Morgan fingerprint density at radius 3 is 2.57 bits per heavy atom. The number of ether oxygens (including phenoxy) is 1. The molecule has 1 N–H and O–H groups in total. The monoisotopic (exact) mass is 456 g/mol. The zero-order chi connectivity index (χ0) is 15.8. The normalized spacial score (nSPS) is 22.0. The molecule has 2 rings (SSSR count). The van der Waals surface area contributed by atoms with E-state index in [4.69, 9.17) is 4.74 Å². The summed E-state index contributed by atoms with van der Waals surface area (Å²) in [5.41, 5.74) is 0. The summed E-state index contributed by atoms with van der Waals surface area (Å²) in [4.78, 5) is 21.2. The molecule has 0 aliphatic carbocycles. The Kier molecular flexibility index (Phi) is 10.3. The average Bonchev–Trinajstić information content (AvgIpc) is 3.08. The summed E-state index contributed by atoms with van der Waals surface area (Å²) in [6.07, 6.45) is 3.77. The lowest BCUT2D eigenvalue weighted by molar-refractivity contribution is -0.142. The van der Waals surface area contributed by atoms with Gasteiger partial charge in [-0.2, -0.15) is 11.8 Å². The maximum Gasteiger partial charge on any atom is 0.251 e. The van der Waals surface area contributed by atoms with Gasteiger partial charge in [-0.05, 0) is 26.0 Å². The van der Waals surface area contributed by atoms with Gasteiger partial charge in [0, 0.05) is 45.1 Å². The van der Waals surface area contributed by atoms with Crippen molar-refractivity contribution in [2.24, 2.45) is 4.99 Å². The minimum absolute atomic E-state index is 0. The summed E-state index contributed by atoms with van der Waals surface area (Å²) in [5, 5.41) is 3.35. The van der Waals surface area contributed by atoms with Crippen molar-refractivity contribution in [3.63, 3.8) is 0 Å². The lowest BCUT2D eigenvalue weighted by Gasteiger charge is -2.37. The van der Waals surface area contributed by atoms with Crippen molar-refractivity contribution >= 4 is 47.6 Å². The van der Waals surface area contributed by atoms with Crippen molar-refractivity contribution in [3.8, 4) is 0 Å². The largest absolute Gasteiger partial charge is 0.368 e. The highest BCUT2D eigenvalue weighted by Crippen LogP contribution is 2.16. The van der Waals surface area contributed by atoms with Gasteiger partial charge in [0.25, 0.3) is 5.91 Å². The number of guanidine groups is 1. The van der Waals surface area contributed by atoms with Crippen LogP contribution in [0.3, 0.4) is 0 Å². The predicted molar refractivity (Wildman–Crippen MR) is 107 cm³/mol. The third kappa shape index (κ3) is 6.30. The fourth-order valence-corrected chi connectivity index (χ4v) is 3.06. The second kappa shape index (κ2) is 11.4. The number of halogens is 1. The summed E-state index contributed by atoms with van der Waals surface area (Å²) in [6.45, 7) is 7.69. The average molecular weight is 456 g/mol. The highest BCUT2D eigenvalue weighted by molar-refractivity contribution is 14.0. The molecule has 2 aliphatic rings. The van der Waals surface area contributed by atoms with Crippen molar-refractivity contribution < 1.29 is 9.53 Å². The second-order valence-corrected chi connectivity index (χ2v) is 6.53. The fourth-order valence-electron chi connectivity index (χ4n) is 2.78. The van der Waals surface area contributed by atoms with Gasteiger partial charge in [0.2, 0.25) is 0 Å². The first-order chi connectivity index (χ1) is 10.8. The molecule has 0 saturated carbocycles. The first kappa shape index (κ1) is 20.8. The summed E-state index contributed by atoms with van der Waals surface area (Å²) in [7, 11) is 0. The Balaban J connectivity index is 0.00000264. The summed E-state index contributed by atoms with van der Waals surface area (Å²) in [5.74, 6) is 2.18. The van der Waals surface area contributed by atoms with Crippen LogP contribution in [-0.2, 0) is 9.53 Å². The molecule has 6 nitrogen and oxygen atoms in total.